The molecule has 2 nitrogen and oxygen atoms in total. The monoisotopic (exact) mass is 322 g/mol. The van der Waals surface area contributed by atoms with Crippen molar-refractivity contribution in [1.29, 1.82) is 0 Å². The van der Waals surface area contributed by atoms with Gasteiger partial charge in [-0.1, -0.05) is 22.0 Å². The van der Waals surface area contributed by atoms with Gasteiger partial charge in [0.1, 0.15) is 5.82 Å². The van der Waals surface area contributed by atoms with Crippen molar-refractivity contribution in [3.63, 3.8) is 0 Å². The first kappa shape index (κ1) is 14.2. The predicted molar refractivity (Wildman–Crippen MR) is 78.6 cm³/mol. The summed E-state index contributed by atoms with van der Waals surface area (Å²) in [6.45, 7) is 2.03. The van der Waals surface area contributed by atoms with E-state index in [0.717, 1.165) is 15.7 Å². The topological polar surface area (TPSA) is 24.9 Å². The van der Waals surface area contributed by atoms with Crippen LogP contribution in [0.25, 0.3) is 0 Å². The van der Waals surface area contributed by atoms with Crippen molar-refractivity contribution in [2.75, 3.05) is 7.05 Å². The van der Waals surface area contributed by atoms with Crippen molar-refractivity contribution in [2.45, 2.75) is 19.4 Å². The molecule has 1 heterocycles. The van der Waals surface area contributed by atoms with E-state index in [9.17, 15) is 4.39 Å². The molecule has 0 aliphatic carbocycles. The van der Waals surface area contributed by atoms with Gasteiger partial charge in [0.15, 0.2) is 0 Å². The highest BCUT2D eigenvalue weighted by atomic mass is 79.9. The molecule has 0 aliphatic heterocycles. The lowest BCUT2D eigenvalue weighted by Crippen LogP contribution is -2.20. The Bertz CT molecular complexity index is 572. The molecule has 0 spiro atoms. The minimum atomic E-state index is -0.192. The van der Waals surface area contributed by atoms with E-state index in [2.05, 4.69) is 26.2 Å². The van der Waals surface area contributed by atoms with Gasteiger partial charge in [-0.25, -0.2) is 4.39 Å². The minimum Gasteiger partial charge on any atom is -0.311 e. The molecule has 0 radical (unpaired) electrons. The van der Waals surface area contributed by atoms with Crippen LogP contribution in [0, 0.1) is 12.7 Å². The summed E-state index contributed by atoms with van der Waals surface area (Å²) < 4.78 is 14.6. The number of aryl methyl sites for hydroxylation is 1. The van der Waals surface area contributed by atoms with Gasteiger partial charge in [-0.15, -0.1) is 0 Å². The molecule has 19 heavy (non-hydrogen) atoms. The van der Waals surface area contributed by atoms with Crippen LogP contribution >= 0.6 is 15.9 Å². The van der Waals surface area contributed by atoms with Gasteiger partial charge < -0.3 is 5.32 Å². The molecule has 1 unspecified atom stereocenters. The summed E-state index contributed by atoms with van der Waals surface area (Å²) >= 11 is 3.27. The largest absolute Gasteiger partial charge is 0.311 e. The Morgan fingerprint density at radius 2 is 2.11 bits per heavy atom. The molecule has 1 aromatic heterocycles. The third-order valence-electron chi connectivity index (χ3n) is 3.08. The van der Waals surface area contributed by atoms with Crippen LogP contribution in [0.1, 0.15) is 22.9 Å². The van der Waals surface area contributed by atoms with Gasteiger partial charge in [-0.2, -0.15) is 0 Å². The van der Waals surface area contributed by atoms with Crippen molar-refractivity contribution in [1.82, 2.24) is 10.3 Å². The quantitative estimate of drug-likeness (QED) is 0.926. The molecular weight excluding hydrogens is 307 g/mol. The van der Waals surface area contributed by atoms with Crippen LogP contribution in [0.15, 0.2) is 41.0 Å². The first-order valence-electron chi connectivity index (χ1n) is 6.14. The summed E-state index contributed by atoms with van der Waals surface area (Å²) in [6, 6.07) is 9.14. The molecule has 0 saturated carbocycles. The number of pyridine rings is 1. The molecule has 2 rings (SSSR count). The summed E-state index contributed by atoms with van der Waals surface area (Å²) in [5.41, 5.74) is 2.78. The first-order chi connectivity index (χ1) is 9.10. The maximum absolute atomic E-state index is 13.9. The van der Waals surface area contributed by atoms with Gasteiger partial charge >= 0.3 is 0 Å². The van der Waals surface area contributed by atoms with Crippen LogP contribution in [0.5, 0.6) is 0 Å². The molecule has 1 N–H and O–H groups in total. The molecule has 2 aromatic rings. The number of likely N-dealkylation sites (N-methyl/N-ethyl adjacent to an activating group) is 1. The zero-order chi connectivity index (χ0) is 13.8. The maximum Gasteiger partial charge on any atom is 0.127 e. The van der Waals surface area contributed by atoms with Crippen LogP contribution in [0.2, 0.25) is 0 Å². The molecule has 0 bridgehead atoms. The maximum atomic E-state index is 13.9. The number of rotatable bonds is 4. The number of nitrogens with one attached hydrogen (secondary N) is 1. The number of aromatic nitrogens is 1. The summed E-state index contributed by atoms with van der Waals surface area (Å²) in [5, 5.41) is 3.19. The molecule has 4 heteroatoms. The molecule has 0 amide bonds. The van der Waals surface area contributed by atoms with Crippen LogP contribution in [-0.2, 0) is 6.42 Å². The van der Waals surface area contributed by atoms with E-state index in [0.29, 0.717) is 12.0 Å². The van der Waals surface area contributed by atoms with Crippen molar-refractivity contribution < 1.29 is 4.39 Å². The van der Waals surface area contributed by atoms with Gasteiger partial charge in [0.25, 0.3) is 0 Å². The highest BCUT2D eigenvalue weighted by Crippen LogP contribution is 2.21. The Morgan fingerprint density at radius 1 is 1.32 bits per heavy atom. The standard InChI is InChI=1S/C15H16BrFN2/c1-10-5-6-19-15(7-10)14(18-2)8-11-3-4-12(16)9-13(11)17/h3-7,9,14,18H,8H2,1-2H3. The Labute approximate surface area is 121 Å². The van der Waals surface area contributed by atoms with E-state index in [1.54, 1.807) is 12.3 Å². The zero-order valence-corrected chi connectivity index (χ0v) is 12.5. The van der Waals surface area contributed by atoms with Crippen LogP contribution in [-0.4, -0.2) is 12.0 Å². The van der Waals surface area contributed by atoms with E-state index in [-0.39, 0.29) is 11.9 Å². The van der Waals surface area contributed by atoms with Crippen LogP contribution in [0.3, 0.4) is 0 Å². The first-order valence-corrected chi connectivity index (χ1v) is 6.93. The Balaban J connectivity index is 2.24. The normalized spacial score (nSPS) is 12.4. The van der Waals surface area contributed by atoms with Gasteiger partial charge in [-0.3, -0.25) is 4.98 Å². The van der Waals surface area contributed by atoms with E-state index in [1.807, 2.05) is 32.2 Å². The minimum absolute atomic E-state index is 0.00979. The van der Waals surface area contributed by atoms with Crippen LogP contribution in [0.4, 0.5) is 4.39 Å². The summed E-state index contributed by atoms with van der Waals surface area (Å²) in [4.78, 5) is 4.36. The average Bonchev–Trinajstić information content (AvgIpc) is 2.38. The smallest absolute Gasteiger partial charge is 0.127 e. The van der Waals surface area contributed by atoms with Gasteiger partial charge in [-0.05, 0) is 55.8 Å². The van der Waals surface area contributed by atoms with Crippen molar-refractivity contribution in [2.24, 2.45) is 0 Å². The number of benzene rings is 1. The SMILES string of the molecule is CNC(Cc1ccc(Br)cc1F)c1cc(C)ccn1. The van der Waals surface area contributed by atoms with Crippen LogP contribution < -0.4 is 5.32 Å². The Hall–Kier alpha value is -1.26. The lowest BCUT2D eigenvalue weighted by Gasteiger charge is -2.16. The zero-order valence-electron chi connectivity index (χ0n) is 11.0. The molecule has 100 valence electrons. The number of nitrogens with zero attached hydrogens (tertiary/aromatic N) is 1. The molecule has 0 aliphatic rings. The van der Waals surface area contributed by atoms with E-state index in [1.165, 1.54) is 6.07 Å². The number of hydrogen-bond donors (Lipinski definition) is 1. The van der Waals surface area contributed by atoms with Crippen molar-refractivity contribution in [3.8, 4) is 0 Å². The van der Waals surface area contributed by atoms with Crippen molar-refractivity contribution in [3.05, 3.63) is 63.6 Å². The second kappa shape index (κ2) is 6.26. The fraction of sp³-hybridized carbons (Fsp3) is 0.267. The predicted octanol–water partition coefficient (Wildman–Crippen LogP) is 3.79. The highest BCUT2D eigenvalue weighted by molar-refractivity contribution is 9.10. The van der Waals surface area contributed by atoms with E-state index in [4.69, 9.17) is 0 Å². The number of hydrogen-bond acceptors (Lipinski definition) is 2. The van der Waals surface area contributed by atoms with Gasteiger partial charge in [0.2, 0.25) is 0 Å². The van der Waals surface area contributed by atoms with E-state index >= 15 is 0 Å². The van der Waals surface area contributed by atoms with Crippen molar-refractivity contribution >= 4 is 15.9 Å². The molecular formula is C15H16BrFN2. The fourth-order valence-electron chi connectivity index (χ4n) is 2.01. The third-order valence-corrected chi connectivity index (χ3v) is 3.57. The van der Waals surface area contributed by atoms with Gasteiger partial charge in [0.05, 0.1) is 11.7 Å². The summed E-state index contributed by atoms with van der Waals surface area (Å²) in [6.07, 6.45) is 2.36. The lowest BCUT2D eigenvalue weighted by molar-refractivity contribution is 0.544. The molecule has 1 aromatic carbocycles. The van der Waals surface area contributed by atoms with Gasteiger partial charge in [0, 0.05) is 10.7 Å². The summed E-state index contributed by atoms with van der Waals surface area (Å²) in [7, 11) is 1.87. The molecule has 0 fully saturated rings. The second-order valence-electron chi connectivity index (χ2n) is 4.54. The average molecular weight is 323 g/mol. The number of halogens is 2. The fourth-order valence-corrected chi connectivity index (χ4v) is 2.34. The van der Waals surface area contributed by atoms with E-state index < -0.39 is 0 Å². The summed E-state index contributed by atoms with van der Waals surface area (Å²) in [5.74, 6) is -0.192. The lowest BCUT2D eigenvalue weighted by atomic mass is 10.0. The molecule has 1 atom stereocenters. The Morgan fingerprint density at radius 3 is 2.74 bits per heavy atom. The molecule has 0 saturated heterocycles. The second-order valence-corrected chi connectivity index (χ2v) is 5.45. The highest BCUT2D eigenvalue weighted by Gasteiger charge is 2.14. The third kappa shape index (κ3) is 3.61. The Kier molecular flexibility index (Phi) is 4.66.